The zero-order valence-electron chi connectivity index (χ0n) is 15.2. The van der Waals surface area contributed by atoms with Crippen LogP contribution in [0.3, 0.4) is 0 Å². The summed E-state index contributed by atoms with van der Waals surface area (Å²) in [7, 11) is 0. The molecule has 8 heteroatoms. The molecule has 0 aliphatic heterocycles. The molecule has 0 fully saturated rings. The van der Waals surface area contributed by atoms with E-state index in [1.807, 2.05) is 35.8 Å². The van der Waals surface area contributed by atoms with Gasteiger partial charge < -0.3 is 14.6 Å². The van der Waals surface area contributed by atoms with Crippen molar-refractivity contribution in [3.05, 3.63) is 35.8 Å². The van der Waals surface area contributed by atoms with Crippen molar-refractivity contribution in [3.63, 3.8) is 0 Å². The van der Waals surface area contributed by atoms with E-state index in [2.05, 4.69) is 32.2 Å². The summed E-state index contributed by atoms with van der Waals surface area (Å²) in [5.41, 5.74) is 2.46. The molecular weight excluding hydrogens is 334 g/mol. The second-order valence-electron chi connectivity index (χ2n) is 6.11. The summed E-state index contributed by atoms with van der Waals surface area (Å²) in [5.74, 6) is 1.19. The molecule has 0 aliphatic rings. The molecular formula is C18H23N5O3. The number of nitrogens with zero attached hydrogens (tertiary/aromatic N) is 4. The molecule has 0 saturated heterocycles. The molecule has 1 N–H and O–H groups in total. The summed E-state index contributed by atoms with van der Waals surface area (Å²) in [6.07, 6.45) is 1.80. The predicted octanol–water partition coefficient (Wildman–Crippen LogP) is 2.44. The number of fused-ring (bicyclic) bond motifs is 1. The fourth-order valence-corrected chi connectivity index (χ4v) is 2.87. The van der Waals surface area contributed by atoms with E-state index < -0.39 is 0 Å². The zero-order chi connectivity index (χ0) is 18.5. The lowest BCUT2D eigenvalue weighted by atomic mass is 10.2. The van der Waals surface area contributed by atoms with Crippen LogP contribution in [0.25, 0.3) is 11.0 Å². The molecule has 0 bridgehead atoms. The molecule has 3 rings (SSSR count). The van der Waals surface area contributed by atoms with E-state index in [1.165, 1.54) is 0 Å². The van der Waals surface area contributed by atoms with Gasteiger partial charge >= 0.3 is 0 Å². The van der Waals surface area contributed by atoms with Crippen LogP contribution >= 0.6 is 0 Å². The standard InChI is InChI=1S/C18H23N5O3/c1-4-7-16-20-14-8-5-6-9-15(14)23(16)13(3)17(24)19-10-11-25-18-12(2)21-26-22-18/h5-6,8-9,13H,4,7,10-11H2,1-3H3,(H,19,24)/t13-/m0/s1. The molecule has 8 nitrogen and oxygen atoms in total. The number of carbonyl (C=O) groups is 1. The third kappa shape index (κ3) is 3.68. The van der Waals surface area contributed by atoms with Crippen molar-refractivity contribution >= 4 is 16.9 Å². The molecule has 2 aromatic heterocycles. The lowest BCUT2D eigenvalue weighted by molar-refractivity contribution is -0.123. The first kappa shape index (κ1) is 17.9. The number of ether oxygens (including phenoxy) is 1. The first-order valence-electron chi connectivity index (χ1n) is 8.77. The van der Waals surface area contributed by atoms with E-state index in [0.717, 1.165) is 29.7 Å². The normalized spacial score (nSPS) is 12.3. The molecule has 0 radical (unpaired) electrons. The highest BCUT2D eigenvalue weighted by Crippen LogP contribution is 2.22. The van der Waals surface area contributed by atoms with Gasteiger partial charge in [0.2, 0.25) is 5.91 Å². The van der Waals surface area contributed by atoms with Crippen LogP contribution in [0.5, 0.6) is 5.88 Å². The monoisotopic (exact) mass is 357 g/mol. The summed E-state index contributed by atoms with van der Waals surface area (Å²) in [4.78, 5) is 17.3. The molecule has 138 valence electrons. The van der Waals surface area contributed by atoms with Crippen LogP contribution in [0.1, 0.15) is 37.8 Å². The van der Waals surface area contributed by atoms with E-state index in [0.29, 0.717) is 24.7 Å². The minimum Gasteiger partial charge on any atom is -0.472 e. The molecule has 1 atom stereocenters. The van der Waals surface area contributed by atoms with E-state index in [4.69, 9.17) is 4.74 Å². The average molecular weight is 357 g/mol. The van der Waals surface area contributed by atoms with Crippen molar-refractivity contribution < 1.29 is 14.2 Å². The van der Waals surface area contributed by atoms with E-state index in [1.54, 1.807) is 6.92 Å². The van der Waals surface area contributed by atoms with Crippen LogP contribution in [-0.2, 0) is 11.2 Å². The van der Waals surface area contributed by atoms with Crippen LogP contribution in [0.15, 0.2) is 28.9 Å². The Morgan fingerprint density at radius 3 is 2.88 bits per heavy atom. The van der Waals surface area contributed by atoms with E-state index >= 15 is 0 Å². The summed E-state index contributed by atoms with van der Waals surface area (Å²) < 4.78 is 12.0. The van der Waals surface area contributed by atoms with Gasteiger partial charge in [-0.15, -0.1) is 0 Å². The van der Waals surface area contributed by atoms with Crippen molar-refractivity contribution in [2.24, 2.45) is 0 Å². The lowest BCUT2D eigenvalue weighted by Crippen LogP contribution is -2.34. The highest BCUT2D eigenvalue weighted by Gasteiger charge is 2.20. The Bertz CT molecular complexity index is 886. The van der Waals surface area contributed by atoms with Crippen molar-refractivity contribution in [3.8, 4) is 5.88 Å². The van der Waals surface area contributed by atoms with Crippen LogP contribution in [0.4, 0.5) is 0 Å². The molecule has 0 aliphatic carbocycles. The van der Waals surface area contributed by atoms with Gasteiger partial charge in [0.25, 0.3) is 5.88 Å². The van der Waals surface area contributed by atoms with Crippen molar-refractivity contribution in [2.45, 2.75) is 39.7 Å². The van der Waals surface area contributed by atoms with Crippen molar-refractivity contribution in [1.82, 2.24) is 25.2 Å². The van der Waals surface area contributed by atoms with Gasteiger partial charge in [-0.1, -0.05) is 24.2 Å². The number of benzene rings is 1. The summed E-state index contributed by atoms with van der Waals surface area (Å²) in [6, 6.07) is 7.52. The van der Waals surface area contributed by atoms with Gasteiger partial charge in [0.05, 0.1) is 17.6 Å². The number of hydrogen-bond donors (Lipinski definition) is 1. The number of aryl methyl sites for hydroxylation is 2. The maximum absolute atomic E-state index is 12.6. The number of aromatic nitrogens is 4. The quantitative estimate of drug-likeness (QED) is 0.622. The third-order valence-electron chi connectivity index (χ3n) is 4.16. The van der Waals surface area contributed by atoms with E-state index in [-0.39, 0.29) is 11.9 Å². The molecule has 3 aromatic rings. The molecule has 2 heterocycles. The van der Waals surface area contributed by atoms with Crippen LogP contribution in [-0.4, -0.2) is 38.9 Å². The van der Waals surface area contributed by atoms with Crippen LogP contribution < -0.4 is 10.1 Å². The van der Waals surface area contributed by atoms with Crippen LogP contribution in [0, 0.1) is 6.92 Å². The number of para-hydroxylation sites is 2. The molecule has 26 heavy (non-hydrogen) atoms. The highest BCUT2D eigenvalue weighted by atomic mass is 16.6. The fourth-order valence-electron chi connectivity index (χ4n) is 2.87. The number of rotatable bonds is 8. The predicted molar refractivity (Wildman–Crippen MR) is 96.0 cm³/mol. The average Bonchev–Trinajstić information content (AvgIpc) is 3.21. The van der Waals surface area contributed by atoms with Crippen LogP contribution in [0.2, 0.25) is 0 Å². The number of hydrogen-bond acceptors (Lipinski definition) is 6. The maximum Gasteiger partial charge on any atom is 0.278 e. The smallest absolute Gasteiger partial charge is 0.278 e. The first-order chi connectivity index (χ1) is 12.6. The zero-order valence-corrected chi connectivity index (χ0v) is 15.2. The third-order valence-corrected chi connectivity index (χ3v) is 4.16. The molecule has 0 saturated carbocycles. The Kier molecular flexibility index (Phi) is 5.50. The molecule has 0 unspecified atom stereocenters. The van der Waals surface area contributed by atoms with Gasteiger partial charge in [-0.2, -0.15) is 0 Å². The second-order valence-corrected chi connectivity index (χ2v) is 6.11. The van der Waals surface area contributed by atoms with Gasteiger partial charge in [-0.05, 0) is 37.6 Å². The van der Waals surface area contributed by atoms with Gasteiger partial charge in [0.15, 0.2) is 0 Å². The number of carbonyl (C=O) groups excluding carboxylic acids is 1. The summed E-state index contributed by atoms with van der Waals surface area (Å²) >= 11 is 0. The van der Waals surface area contributed by atoms with Gasteiger partial charge in [0, 0.05) is 6.42 Å². The Labute approximate surface area is 151 Å². The number of imidazole rings is 1. The number of nitrogens with one attached hydrogen (secondary N) is 1. The fraction of sp³-hybridized carbons (Fsp3) is 0.444. The lowest BCUT2D eigenvalue weighted by Gasteiger charge is -2.17. The van der Waals surface area contributed by atoms with Crippen molar-refractivity contribution in [2.75, 3.05) is 13.2 Å². The Morgan fingerprint density at radius 2 is 2.15 bits per heavy atom. The summed E-state index contributed by atoms with van der Waals surface area (Å²) in [6.45, 7) is 6.39. The summed E-state index contributed by atoms with van der Waals surface area (Å²) in [5, 5.41) is 10.2. The first-order valence-corrected chi connectivity index (χ1v) is 8.77. The Morgan fingerprint density at radius 1 is 1.35 bits per heavy atom. The minimum absolute atomic E-state index is 0.0795. The largest absolute Gasteiger partial charge is 0.472 e. The van der Waals surface area contributed by atoms with Crippen molar-refractivity contribution in [1.29, 1.82) is 0 Å². The maximum atomic E-state index is 12.6. The van der Waals surface area contributed by atoms with Gasteiger partial charge in [-0.3, -0.25) is 4.79 Å². The highest BCUT2D eigenvalue weighted by molar-refractivity contribution is 5.84. The number of amides is 1. The molecule has 0 spiro atoms. The SMILES string of the molecule is CCCc1nc2ccccc2n1[C@@H](C)C(=O)NCCOc1nonc1C. The Balaban J connectivity index is 1.65. The second kappa shape index (κ2) is 7.99. The molecule has 1 amide bonds. The Hall–Kier alpha value is -2.90. The molecule has 1 aromatic carbocycles. The minimum atomic E-state index is -0.362. The topological polar surface area (TPSA) is 95.1 Å². The van der Waals surface area contributed by atoms with Gasteiger partial charge in [0.1, 0.15) is 24.2 Å². The van der Waals surface area contributed by atoms with E-state index in [9.17, 15) is 4.79 Å². The van der Waals surface area contributed by atoms with Gasteiger partial charge in [-0.25, -0.2) is 9.61 Å².